The quantitative estimate of drug-likeness (QED) is 0.190. The summed E-state index contributed by atoms with van der Waals surface area (Å²) in [6.45, 7) is 9.11. The van der Waals surface area contributed by atoms with E-state index in [4.69, 9.17) is 9.47 Å². The number of carbonyl (C=O) groups excluding carboxylic acids is 7. The van der Waals surface area contributed by atoms with Crippen LogP contribution in [0.25, 0.3) is 0 Å². The molecule has 0 unspecified atom stereocenters. The van der Waals surface area contributed by atoms with Gasteiger partial charge in [-0.25, -0.2) is 9.59 Å². The summed E-state index contributed by atoms with van der Waals surface area (Å²) in [6.07, 6.45) is 0. The molecular weight excluding hydrogens is 520 g/mol. The Hall–Kier alpha value is -5.19. The highest BCUT2D eigenvalue weighted by molar-refractivity contribution is 6.24. The fourth-order valence-electron chi connectivity index (χ4n) is 4.14. The van der Waals surface area contributed by atoms with Crippen LogP contribution in [0, 0.1) is 0 Å². The number of ketones is 1. The molecule has 0 spiro atoms. The van der Waals surface area contributed by atoms with E-state index in [0.29, 0.717) is 0 Å². The van der Waals surface area contributed by atoms with Crippen LogP contribution in [-0.2, 0) is 19.1 Å². The molecule has 0 N–H and O–H groups in total. The van der Waals surface area contributed by atoms with Gasteiger partial charge in [-0.05, 0) is 38.1 Å². The van der Waals surface area contributed by atoms with E-state index in [9.17, 15) is 33.6 Å². The van der Waals surface area contributed by atoms with E-state index in [1.165, 1.54) is 50.2 Å². The lowest BCUT2D eigenvalue weighted by atomic mass is 9.96. The molecule has 0 aromatic heterocycles. The van der Waals surface area contributed by atoms with Crippen molar-refractivity contribution in [1.82, 2.24) is 9.80 Å². The number of imide groups is 2. The number of carbonyl (C=O) groups is 7. The predicted octanol–water partition coefficient (Wildman–Crippen LogP) is 2.35. The average molecular weight is 545 g/mol. The number of amides is 4. The van der Waals surface area contributed by atoms with Gasteiger partial charge in [-0.3, -0.25) is 33.8 Å². The van der Waals surface area contributed by atoms with Crippen LogP contribution in [0.5, 0.6) is 0 Å². The molecule has 0 saturated heterocycles. The Bertz CT molecular complexity index is 1440. The van der Waals surface area contributed by atoms with E-state index >= 15 is 0 Å². The van der Waals surface area contributed by atoms with Gasteiger partial charge in [0.2, 0.25) is 0 Å². The van der Waals surface area contributed by atoms with Crippen molar-refractivity contribution in [1.29, 1.82) is 0 Å². The van der Waals surface area contributed by atoms with Gasteiger partial charge >= 0.3 is 11.9 Å². The second kappa shape index (κ2) is 10.9. The highest BCUT2D eigenvalue weighted by atomic mass is 16.5. The van der Waals surface area contributed by atoms with Crippen LogP contribution in [0.1, 0.15) is 71.2 Å². The Morgan fingerprint density at radius 3 is 1.32 bits per heavy atom. The van der Waals surface area contributed by atoms with Crippen LogP contribution in [-0.4, -0.2) is 77.5 Å². The number of benzene rings is 2. The number of rotatable bonds is 10. The Kier molecular flexibility index (Phi) is 7.58. The molecule has 2 aromatic carbocycles. The predicted molar refractivity (Wildman–Crippen MR) is 139 cm³/mol. The first-order chi connectivity index (χ1) is 18.9. The molecule has 2 aliphatic heterocycles. The standard InChI is InChI=1S/C29H24N2O9/c1-15(2)28(37)39-11-9-30-24(33)19-7-5-17(13-21(19)26(30)35)23(32)18-6-8-20-22(14-18)27(36)31(25(20)34)10-12-40-29(38)16(3)4/h5-8,13-14H,1,3,9-12H2,2,4H3. The first-order valence-corrected chi connectivity index (χ1v) is 12.1. The molecule has 0 fully saturated rings. The Morgan fingerprint density at radius 2 is 0.975 bits per heavy atom. The van der Waals surface area contributed by atoms with Gasteiger partial charge < -0.3 is 9.47 Å². The Balaban J connectivity index is 1.48. The molecule has 11 heteroatoms. The van der Waals surface area contributed by atoms with Crippen molar-refractivity contribution in [2.24, 2.45) is 0 Å². The van der Waals surface area contributed by atoms with Gasteiger partial charge in [0.15, 0.2) is 5.78 Å². The molecule has 204 valence electrons. The Morgan fingerprint density at radius 1 is 0.625 bits per heavy atom. The van der Waals surface area contributed by atoms with Gasteiger partial charge in [0, 0.05) is 22.3 Å². The van der Waals surface area contributed by atoms with Gasteiger partial charge in [0.1, 0.15) is 13.2 Å². The summed E-state index contributed by atoms with van der Waals surface area (Å²) in [5, 5.41) is 0. The zero-order valence-electron chi connectivity index (χ0n) is 21.8. The highest BCUT2D eigenvalue weighted by Gasteiger charge is 2.38. The van der Waals surface area contributed by atoms with Crippen LogP contribution >= 0.6 is 0 Å². The molecule has 0 bridgehead atoms. The topological polar surface area (TPSA) is 144 Å². The summed E-state index contributed by atoms with van der Waals surface area (Å²) in [5.74, 6) is -4.27. The molecule has 4 amide bonds. The highest BCUT2D eigenvalue weighted by Crippen LogP contribution is 2.27. The minimum atomic E-state index is -0.645. The van der Waals surface area contributed by atoms with Crippen molar-refractivity contribution in [3.63, 3.8) is 0 Å². The van der Waals surface area contributed by atoms with Crippen LogP contribution in [0.15, 0.2) is 60.7 Å². The lowest BCUT2D eigenvalue weighted by Gasteiger charge is -2.13. The van der Waals surface area contributed by atoms with E-state index in [2.05, 4.69) is 13.2 Å². The van der Waals surface area contributed by atoms with Crippen molar-refractivity contribution in [2.75, 3.05) is 26.3 Å². The maximum atomic E-state index is 13.3. The van der Waals surface area contributed by atoms with Crippen molar-refractivity contribution in [2.45, 2.75) is 13.8 Å². The van der Waals surface area contributed by atoms with Crippen molar-refractivity contribution in [3.8, 4) is 0 Å². The van der Waals surface area contributed by atoms with Gasteiger partial charge in [-0.2, -0.15) is 0 Å². The molecule has 2 aliphatic rings. The monoisotopic (exact) mass is 544 g/mol. The van der Waals surface area contributed by atoms with Gasteiger partial charge in [0.25, 0.3) is 23.6 Å². The molecule has 0 saturated carbocycles. The van der Waals surface area contributed by atoms with Crippen LogP contribution < -0.4 is 0 Å². The maximum Gasteiger partial charge on any atom is 0.333 e. The lowest BCUT2D eigenvalue weighted by Crippen LogP contribution is -2.33. The van der Waals surface area contributed by atoms with Gasteiger partial charge in [-0.1, -0.05) is 25.3 Å². The van der Waals surface area contributed by atoms with E-state index in [0.717, 1.165) is 9.80 Å². The molecule has 2 aromatic rings. The summed E-state index contributed by atoms with van der Waals surface area (Å²) in [4.78, 5) is 89.4. The molecule has 2 heterocycles. The number of esters is 2. The van der Waals surface area contributed by atoms with Crippen molar-refractivity contribution >= 4 is 41.4 Å². The summed E-state index contributed by atoms with van der Waals surface area (Å²) in [6, 6.07) is 8.08. The molecule has 4 rings (SSSR count). The van der Waals surface area contributed by atoms with Crippen molar-refractivity contribution in [3.05, 3.63) is 94.1 Å². The van der Waals surface area contributed by atoms with E-state index < -0.39 is 41.4 Å². The zero-order valence-corrected chi connectivity index (χ0v) is 21.8. The van der Waals surface area contributed by atoms with E-state index in [1.807, 2.05) is 0 Å². The fourth-order valence-corrected chi connectivity index (χ4v) is 4.14. The third kappa shape index (κ3) is 5.08. The number of nitrogens with zero attached hydrogens (tertiary/aromatic N) is 2. The molecule has 40 heavy (non-hydrogen) atoms. The normalized spacial score (nSPS) is 13.8. The molecular formula is C29H24N2O9. The van der Waals surface area contributed by atoms with Gasteiger partial charge in [0.05, 0.1) is 35.3 Å². The van der Waals surface area contributed by atoms with Crippen molar-refractivity contribution < 1.29 is 43.0 Å². The van der Waals surface area contributed by atoms with E-state index in [1.54, 1.807) is 0 Å². The number of fused-ring (bicyclic) bond motifs is 2. The third-order valence-electron chi connectivity index (χ3n) is 6.26. The summed E-state index contributed by atoms with van der Waals surface area (Å²) >= 11 is 0. The second-order valence-corrected chi connectivity index (χ2v) is 9.21. The SMILES string of the molecule is C=C(C)C(=O)OCCN1C(=O)c2ccc(C(=O)c3ccc4c(c3)C(=O)N(CCOC(=O)C(=C)C)C4=O)cc2C1=O. The smallest absolute Gasteiger partial charge is 0.333 e. The first-order valence-electron chi connectivity index (χ1n) is 12.1. The maximum absolute atomic E-state index is 13.3. The largest absolute Gasteiger partial charge is 0.460 e. The van der Waals surface area contributed by atoms with Crippen LogP contribution in [0.4, 0.5) is 0 Å². The number of ether oxygens (including phenoxy) is 2. The summed E-state index contributed by atoms with van der Waals surface area (Å²) in [7, 11) is 0. The average Bonchev–Trinajstić information content (AvgIpc) is 3.31. The summed E-state index contributed by atoms with van der Waals surface area (Å²) in [5.41, 5.74) is 0.789. The van der Waals surface area contributed by atoms with Gasteiger partial charge in [-0.15, -0.1) is 0 Å². The molecule has 0 radical (unpaired) electrons. The molecule has 0 aliphatic carbocycles. The number of hydrogen-bond acceptors (Lipinski definition) is 9. The minimum absolute atomic E-state index is 0.0185. The summed E-state index contributed by atoms with van der Waals surface area (Å²) < 4.78 is 9.93. The first kappa shape index (κ1) is 27.8. The fraction of sp³-hybridized carbons (Fsp3) is 0.207. The minimum Gasteiger partial charge on any atom is -0.460 e. The third-order valence-corrected chi connectivity index (χ3v) is 6.26. The second-order valence-electron chi connectivity index (χ2n) is 9.21. The molecule has 0 atom stereocenters. The number of hydrogen-bond donors (Lipinski definition) is 0. The molecule has 11 nitrogen and oxygen atoms in total. The lowest BCUT2D eigenvalue weighted by molar-refractivity contribution is -0.139. The van der Waals surface area contributed by atoms with Crippen LogP contribution in [0.3, 0.4) is 0 Å². The zero-order chi connectivity index (χ0) is 29.3. The van der Waals surface area contributed by atoms with E-state index in [-0.39, 0.29) is 70.8 Å². The Labute approximate surface area is 228 Å². The van der Waals surface area contributed by atoms with Crippen LogP contribution in [0.2, 0.25) is 0 Å².